The van der Waals surface area contributed by atoms with Crippen LogP contribution in [0.15, 0.2) is 12.4 Å². The minimum Gasteiger partial charge on any atom is -0.488 e. The molecule has 0 bridgehead atoms. The molecule has 0 spiro atoms. The molecule has 0 radical (unpaired) electrons. The van der Waals surface area contributed by atoms with E-state index in [1.54, 1.807) is 17.1 Å². The number of ether oxygens (including phenoxy) is 1. The first-order chi connectivity index (χ1) is 5.72. The highest BCUT2D eigenvalue weighted by molar-refractivity contribution is 5.11. The summed E-state index contributed by atoms with van der Waals surface area (Å²) < 4.78 is 6.91. The van der Waals surface area contributed by atoms with E-state index in [0.29, 0.717) is 18.8 Å². The molecule has 1 aromatic rings. The number of aliphatic hydroxyl groups is 1. The van der Waals surface area contributed by atoms with Gasteiger partial charge in [-0.1, -0.05) is 6.92 Å². The van der Waals surface area contributed by atoms with Crippen LogP contribution in [0.3, 0.4) is 0 Å². The molecular formula is C8H14N2O2. The summed E-state index contributed by atoms with van der Waals surface area (Å²) >= 11 is 0. The summed E-state index contributed by atoms with van der Waals surface area (Å²) in [4.78, 5) is 0. The molecule has 1 N–H and O–H groups in total. The molecule has 1 aromatic heterocycles. The van der Waals surface area contributed by atoms with Crippen LogP contribution in [0.25, 0.3) is 0 Å². The second-order valence-electron chi connectivity index (χ2n) is 2.72. The van der Waals surface area contributed by atoms with Crippen molar-refractivity contribution < 1.29 is 9.84 Å². The van der Waals surface area contributed by atoms with Crippen LogP contribution >= 0.6 is 0 Å². The summed E-state index contributed by atoms with van der Waals surface area (Å²) in [6, 6.07) is 0. The van der Waals surface area contributed by atoms with Crippen LogP contribution in [-0.2, 0) is 7.05 Å². The lowest BCUT2D eigenvalue weighted by Gasteiger charge is -2.07. The van der Waals surface area contributed by atoms with Gasteiger partial charge in [0.25, 0.3) is 0 Å². The lowest BCUT2D eigenvalue weighted by atomic mass is 10.3. The summed E-state index contributed by atoms with van der Waals surface area (Å²) in [5.74, 6) is 0.699. The maximum Gasteiger partial charge on any atom is 0.157 e. The molecule has 1 atom stereocenters. The second-order valence-corrected chi connectivity index (χ2v) is 2.72. The van der Waals surface area contributed by atoms with Crippen molar-refractivity contribution >= 4 is 0 Å². The van der Waals surface area contributed by atoms with Gasteiger partial charge in [0, 0.05) is 7.05 Å². The van der Waals surface area contributed by atoms with E-state index in [1.807, 2.05) is 14.0 Å². The zero-order valence-corrected chi connectivity index (χ0v) is 7.40. The first-order valence-electron chi connectivity index (χ1n) is 4.02. The summed E-state index contributed by atoms with van der Waals surface area (Å²) in [7, 11) is 1.82. The molecule has 4 nitrogen and oxygen atoms in total. The minimum absolute atomic E-state index is 0.336. The van der Waals surface area contributed by atoms with Crippen molar-refractivity contribution in [2.24, 2.45) is 7.05 Å². The Morgan fingerprint density at radius 3 is 3.00 bits per heavy atom. The Kier molecular flexibility index (Phi) is 3.10. The fourth-order valence-corrected chi connectivity index (χ4v) is 0.784. The molecule has 0 aliphatic rings. The van der Waals surface area contributed by atoms with E-state index in [-0.39, 0.29) is 6.10 Å². The Morgan fingerprint density at radius 1 is 1.75 bits per heavy atom. The molecule has 1 rings (SSSR count). The first kappa shape index (κ1) is 9.06. The zero-order chi connectivity index (χ0) is 8.97. The summed E-state index contributed by atoms with van der Waals surface area (Å²) in [6.45, 7) is 2.25. The molecule has 68 valence electrons. The van der Waals surface area contributed by atoms with Crippen LogP contribution in [0.5, 0.6) is 5.75 Å². The first-order valence-corrected chi connectivity index (χ1v) is 4.02. The molecule has 0 aromatic carbocycles. The molecule has 12 heavy (non-hydrogen) atoms. The van der Waals surface area contributed by atoms with E-state index in [2.05, 4.69) is 5.10 Å². The second kappa shape index (κ2) is 4.11. The average molecular weight is 170 g/mol. The Bertz CT molecular complexity index is 235. The summed E-state index contributed by atoms with van der Waals surface area (Å²) in [6.07, 6.45) is 3.72. The normalized spacial score (nSPS) is 12.9. The number of rotatable bonds is 4. The molecule has 0 fully saturated rings. The number of aliphatic hydroxyl groups excluding tert-OH is 1. The topological polar surface area (TPSA) is 47.3 Å². The quantitative estimate of drug-likeness (QED) is 0.718. The van der Waals surface area contributed by atoms with Gasteiger partial charge >= 0.3 is 0 Å². The van der Waals surface area contributed by atoms with Gasteiger partial charge in [-0.2, -0.15) is 5.10 Å². The SMILES string of the molecule is CCC(O)COc1cnn(C)c1. The molecule has 0 aliphatic heterocycles. The highest BCUT2D eigenvalue weighted by Gasteiger charge is 2.02. The number of hydrogen-bond acceptors (Lipinski definition) is 3. The Labute approximate surface area is 71.8 Å². The molecule has 0 saturated carbocycles. The van der Waals surface area contributed by atoms with Gasteiger partial charge in [-0.25, -0.2) is 0 Å². The Balaban J connectivity index is 2.33. The van der Waals surface area contributed by atoms with Crippen LogP contribution in [0.1, 0.15) is 13.3 Å². The van der Waals surface area contributed by atoms with Gasteiger partial charge in [-0.3, -0.25) is 4.68 Å². The monoisotopic (exact) mass is 170 g/mol. The van der Waals surface area contributed by atoms with Gasteiger partial charge in [0.05, 0.1) is 18.5 Å². The predicted octanol–water partition coefficient (Wildman–Crippen LogP) is 0.570. The van der Waals surface area contributed by atoms with Crippen molar-refractivity contribution in [2.45, 2.75) is 19.4 Å². The number of aromatic nitrogens is 2. The lowest BCUT2D eigenvalue weighted by Crippen LogP contribution is -2.15. The highest BCUT2D eigenvalue weighted by Crippen LogP contribution is 2.07. The highest BCUT2D eigenvalue weighted by atomic mass is 16.5. The maximum atomic E-state index is 9.17. The third-order valence-corrected chi connectivity index (χ3v) is 1.59. The molecule has 0 amide bonds. The van der Waals surface area contributed by atoms with Crippen molar-refractivity contribution in [1.82, 2.24) is 9.78 Å². The number of nitrogens with zero attached hydrogens (tertiary/aromatic N) is 2. The number of aryl methyl sites for hydroxylation is 1. The fraction of sp³-hybridized carbons (Fsp3) is 0.625. The van der Waals surface area contributed by atoms with Crippen molar-refractivity contribution in [1.29, 1.82) is 0 Å². The van der Waals surface area contributed by atoms with Crippen LogP contribution in [0.4, 0.5) is 0 Å². The zero-order valence-electron chi connectivity index (χ0n) is 7.40. The van der Waals surface area contributed by atoms with E-state index < -0.39 is 0 Å². The van der Waals surface area contributed by atoms with Crippen molar-refractivity contribution in [2.75, 3.05) is 6.61 Å². The molecule has 0 saturated heterocycles. The fourth-order valence-electron chi connectivity index (χ4n) is 0.784. The van der Waals surface area contributed by atoms with Gasteiger partial charge in [0.1, 0.15) is 6.61 Å². The van der Waals surface area contributed by atoms with Crippen molar-refractivity contribution in [3.05, 3.63) is 12.4 Å². The van der Waals surface area contributed by atoms with E-state index in [9.17, 15) is 5.11 Å². The average Bonchev–Trinajstić information content (AvgIpc) is 2.47. The van der Waals surface area contributed by atoms with Crippen molar-refractivity contribution in [3.63, 3.8) is 0 Å². The standard InChI is InChI=1S/C8H14N2O2/c1-3-7(11)6-12-8-4-9-10(2)5-8/h4-5,7,11H,3,6H2,1-2H3. The van der Waals surface area contributed by atoms with Crippen LogP contribution in [-0.4, -0.2) is 27.6 Å². The van der Waals surface area contributed by atoms with Gasteiger partial charge < -0.3 is 9.84 Å². The van der Waals surface area contributed by atoms with E-state index in [4.69, 9.17) is 4.74 Å². The largest absolute Gasteiger partial charge is 0.488 e. The Morgan fingerprint density at radius 2 is 2.50 bits per heavy atom. The third kappa shape index (κ3) is 2.54. The van der Waals surface area contributed by atoms with E-state index >= 15 is 0 Å². The van der Waals surface area contributed by atoms with E-state index in [0.717, 1.165) is 0 Å². The summed E-state index contributed by atoms with van der Waals surface area (Å²) in [5.41, 5.74) is 0. The molecule has 0 aliphatic carbocycles. The third-order valence-electron chi connectivity index (χ3n) is 1.59. The van der Waals surface area contributed by atoms with Gasteiger partial charge in [-0.15, -0.1) is 0 Å². The Hall–Kier alpha value is -1.03. The molecular weight excluding hydrogens is 156 g/mol. The van der Waals surface area contributed by atoms with Gasteiger partial charge in [-0.05, 0) is 6.42 Å². The molecule has 1 heterocycles. The van der Waals surface area contributed by atoms with Crippen LogP contribution < -0.4 is 4.74 Å². The lowest BCUT2D eigenvalue weighted by molar-refractivity contribution is 0.104. The molecule has 1 unspecified atom stereocenters. The predicted molar refractivity (Wildman–Crippen MR) is 45.0 cm³/mol. The van der Waals surface area contributed by atoms with Crippen LogP contribution in [0, 0.1) is 0 Å². The number of hydrogen-bond donors (Lipinski definition) is 1. The van der Waals surface area contributed by atoms with Crippen molar-refractivity contribution in [3.8, 4) is 5.75 Å². The van der Waals surface area contributed by atoms with Gasteiger partial charge in [0.15, 0.2) is 5.75 Å². The summed E-state index contributed by atoms with van der Waals surface area (Å²) in [5, 5.41) is 13.1. The van der Waals surface area contributed by atoms with Gasteiger partial charge in [0.2, 0.25) is 0 Å². The maximum absolute atomic E-state index is 9.17. The van der Waals surface area contributed by atoms with E-state index in [1.165, 1.54) is 0 Å². The minimum atomic E-state index is -0.384. The molecule has 4 heteroatoms. The smallest absolute Gasteiger partial charge is 0.157 e. The van der Waals surface area contributed by atoms with Crippen LogP contribution in [0.2, 0.25) is 0 Å².